The molecule has 0 fully saturated rings. The molecule has 2 aromatic carbocycles. The summed E-state index contributed by atoms with van der Waals surface area (Å²) in [4.78, 5) is 1.75. The second-order valence-electron chi connectivity index (χ2n) is 4.96. The van der Waals surface area contributed by atoms with E-state index < -0.39 is 10.1 Å². The standard InChI is InChI=1S/C10H8O3S.C6H15NO3/c11-14(12,13)10-7-3-5-8-4-1-2-6-9(8)10;8-4-1-7(2-5-9)3-6-10/h1-7H,(H,11,12,13);8-10H,1-6H2. The lowest BCUT2D eigenvalue weighted by molar-refractivity contribution is 0.136. The van der Waals surface area contributed by atoms with Crippen LogP contribution in [-0.2, 0) is 10.1 Å². The van der Waals surface area contributed by atoms with Crippen molar-refractivity contribution < 1.29 is 28.3 Å². The molecule has 0 spiro atoms. The van der Waals surface area contributed by atoms with Gasteiger partial charge in [0.2, 0.25) is 0 Å². The Morgan fingerprint density at radius 1 is 0.792 bits per heavy atom. The second kappa shape index (κ2) is 10.3. The van der Waals surface area contributed by atoms with Crippen LogP contribution in [0.4, 0.5) is 0 Å². The van der Waals surface area contributed by atoms with E-state index in [1.165, 1.54) is 6.07 Å². The van der Waals surface area contributed by atoms with Crippen molar-refractivity contribution in [2.45, 2.75) is 4.90 Å². The number of benzene rings is 2. The largest absolute Gasteiger partial charge is 0.395 e. The summed E-state index contributed by atoms with van der Waals surface area (Å²) in [5, 5.41) is 26.8. The van der Waals surface area contributed by atoms with Crippen LogP contribution in [0.25, 0.3) is 10.8 Å². The topological polar surface area (TPSA) is 118 Å². The van der Waals surface area contributed by atoms with Crippen molar-refractivity contribution in [3.05, 3.63) is 42.5 Å². The molecule has 0 unspecified atom stereocenters. The molecule has 0 radical (unpaired) electrons. The minimum Gasteiger partial charge on any atom is -0.395 e. The van der Waals surface area contributed by atoms with Crippen molar-refractivity contribution in [1.82, 2.24) is 4.90 Å². The van der Waals surface area contributed by atoms with Crippen LogP contribution < -0.4 is 0 Å². The van der Waals surface area contributed by atoms with Crippen LogP contribution in [0.15, 0.2) is 47.4 Å². The molecule has 4 N–H and O–H groups in total. The maximum absolute atomic E-state index is 11.0. The minimum absolute atomic E-state index is 0.0457. The summed E-state index contributed by atoms with van der Waals surface area (Å²) in [6, 6.07) is 11.8. The molecule has 0 atom stereocenters. The number of fused-ring (bicyclic) bond motifs is 1. The third-order valence-corrected chi connectivity index (χ3v) is 4.19. The average molecular weight is 357 g/mol. The Kier molecular flexibility index (Phi) is 8.83. The molecule has 134 valence electrons. The van der Waals surface area contributed by atoms with Crippen LogP contribution in [0, 0.1) is 0 Å². The van der Waals surface area contributed by atoms with Gasteiger partial charge in [0.15, 0.2) is 0 Å². The van der Waals surface area contributed by atoms with E-state index in [1.807, 2.05) is 6.07 Å². The molecular formula is C16H23NO6S. The quantitative estimate of drug-likeness (QED) is 0.528. The van der Waals surface area contributed by atoms with Crippen LogP contribution in [0.2, 0.25) is 0 Å². The van der Waals surface area contributed by atoms with Crippen molar-refractivity contribution >= 4 is 20.9 Å². The molecule has 0 bridgehead atoms. The van der Waals surface area contributed by atoms with Crippen LogP contribution in [0.5, 0.6) is 0 Å². The summed E-state index contributed by atoms with van der Waals surface area (Å²) in [5.41, 5.74) is 0. The highest BCUT2D eigenvalue weighted by Crippen LogP contribution is 2.21. The summed E-state index contributed by atoms with van der Waals surface area (Å²) in [6.07, 6.45) is 0. The molecule has 24 heavy (non-hydrogen) atoms. The number of hydrogen-bond donors (Lipinski definition) is 4. The fraction of sp³-hybridized carbons (Fsp3) is 0.375. The molecular weight excluding hydrogens is 334 g/mol. The lowest BCUT2D eigenvalue weighted by atomic mass is 10.1. The van der Waals surface area contributed by atoms with Gasteiger partial charge in [-0.15, -0.1) is 0 Å². The maximum Gasteiger partial charge on any atom is 0.295 e. The van der Waals surface area contributed by atoms with E-state index in [0.717, 1.165) is 5.39 Å². The number of aliphatic hydroxyl groups is 3. The summed E-state index contributed by atoms with van der Waals surface area (Å²) >= 11 is 0. The Morgan fingerprint density at radius 3 is 1.79 bits per heavy atom. The number of nitrogens with zero attached hydrogens (tertiary/aromatic N) is 1. The SMILES string of the molecule is O=S(=O)(O)c1cccc2ccccc12.OCCN(CCO)CCO. The molecule has 0 aliphatic rings. The fourth-order valence-electron chi connectivity index (χ4n) is 2.18. The van der Waals surface area contributed by atoms with Crippen molar-refractivity contribution in [3.63, 3.8) is 0 Å². The van der Waals surface area contributed by atoms with Crippen molar-refractivity contribution in [3.8, 4) is 0 Å². The first-order valence-electron chi connectivity index (χ1n) is 7.44. The van der Waals surface area contributed by atoms with Crippen LogP contribution >= 0.6 is 0 Å². The minimum atomic E-state index is -4.13. The second-order valence-corrected chi connectivity index (χ2v) is 6.35. The van der Waals surface area contributed by atoms with E-state index >= 15 is 0 Å². The lowest BCUT2D eigenvalue weighted by Gasteiger charge is -2.17. The zero-order chi connectivity index (χ0) is 18.0. The van der Waals surface area contributed by atoms with E-state index in [9.17, 15) is 8.42 Å². The first kappa shape index (κ1) is 20.5. The summed E-state index contributed by atoms with van der Waals surface area (Å²) in [6.45, 7) is 1.75. The number of rotatable bonds is 7. The average Bonchev–Trinajstić information content (AvgIpc) is 2.55. The fourth-order valence-corrected chi connectivity index (χ4v) is 2.89. The van der Waals surface area contributed by atoms with Crippen molar-refractivity contribution in [1.29, 1.82) is 0 Å². The Morgan fingerprint density at radius 2 is 1.29 bits per heavy atom. The Hall–Kier alpha value is -1.55. The first-order valence-corrected chi connectivity index (χ1v) is 8.88. The Labute approximate surface area is 141 Å². The number of aliphatic hydroxyl groups excluding tert-OH is 3. The van der Waals surface area contributed by atoms with Gasteiger partial charge in [-0.3, -0.25) is 9.45 Å². The van der Waals surface area contributed by atoms with Gasteiger partial charge in [-0.2, -0.15) is 8.42 Å². The molecule has 0 aromatic heterocycles. The smallest absolute Gasteiger partial charge is 0.295 e. The summed E-state index contributed by atoms with van der Waals surface area (Å²) in [7, 11) is -4.13. The highest BCUT2D eigenvalue weighted by atomic mass is 32.2. The number of hydrogen-bond acceptors (Lipinski definition) is 6. The third kappa shape index (κ3) is 6.52. The van der Waals surface area contributed by atoms with Gasteiger partial charge in [0, 0.05) is 25.0 Å². The monoisotopic (exact) mass is 357 g/mol. The zero-order valence-electron chi connectivity index (χ0n) is 13.2. The van der Waals surface area contributed by atoms with E-state index in [-0.39, 0.29) is 24.7 Å². The zero-order valence-corrected chi connectivity index (χ0v) is 14.1. The molecule has 0 aliphatic carbocycles. The van der Waals surface area contributed by atoms with E-state index in [1.54, 1.807) is 35.2 Å². The van der Waals surface area contributed by atoms with Gasteiger partial charge in [-0.25, -0.2) is 0 Å². The summed E-state index contributed by atoms with van der Waals surface area (Å²) < 4.78 is 31.0. The maximum atomic E-state index is 11.0. The Balaban J connectivity index is 0.000000257. The molecule has 7 nitrogen and oxygen atoms in total. The predicted molar refractivity (Wildman–Crippen MR) is 91.5 cm³/mol. The molecule has 8 heteroatoms. The van der Waals surface area contributed by atoms with E-state index in [2.05, 4.69) is 0 Å². The van der Waals surface area contributed by atoms with Crippen molar-refractivity contribution in [2.75, 3.05) is 39.5 Å². The van der Waals surface area contributed by atoms with Crippen LogP contribution in [0.1, 0.15) is 0 Å². The molecule has 0 aliphatic heterocycles. The third-order valence-electron chi connectivity index (χ3n) is 3.28. The van der Waals surface area contributed by atoms with E-state index in [4.69, 9.17) is 19.9 Å². The van der Waals surface area contributed by atoms with Gasteiger partial charge in [0.1, 0.15) is 4.90 Å². The summed E-state index contributed by atoms with van der Waals surface area (Å²) in [5.74, 6) is 0. The van der Waals surface area contributed by atoms with Crippen LogP contribution in [-0.4, -0.2) is 72.6 Å². The lowest BCUT2D eigenvalue weighted by Crippen LogP contribution is -2.32. The molecule has 0 saturated carbocycles. The Bertz CT molecular complexity index is 700. The molecule has 2 rings (SSSR count). The van der Waals surface area contributed by atoms with Gasteiger partial charge < -0.3 is 15.3 Å². The van der Waals surface area contributed by atoms with Crippen molar-refractivity contribution in [2.24, 2.45) is 0 Å². The van der Waals surface area contributed by atoms with Gasteiger partial charge in [-0.1, -0.05) is 36.4 Å². The van der Waals surface area contributed by atoms with Gasteiger partial charge >= 0.3 is 0 Å². The van der Waals surface area contributed by atoms with Crippen LogP contribution in [0.3, 0.4) is 0 Å². The normalized spacial score (nSPS) is 11.4. The van der Waals surface area contributed by atoms with E-state index in [0.29, 0.717) is 25.0 Å². The van der Waals surface area contributed by atoms with Gasteiger partial charge in [0.05, 0.1) is 19.8 Å². The first-order chi connectivity index (χ1) is 11.4. The highest BCUT2D eigenvalue weighted by molar-refractivity contribution is 7.86. The van der Waals surface area contributed by atoms with Gasteiger partial charge in [-0.05, 0) is 11.5 Å². The molecule has 0 heterocycles. The molecule has 0 amide bonds. The predicted octanol–water partition coefficient (Wildman–Crippen LogP) is 0.352. The van der Waals surface area contributed by atoms with Gasteiger partial charge in [0.25, 0.3) is 10.1 Å². The highest BCUT2D eigenvalue weighted by Gasteiger charge is 2.12. The molecule has 0 saturated heterocycles. The molecule has 2 aromatic rings.